The van der Waals surface area contributed by atoms with Gasteiger partial charge in [-0.1, -0.05) is 51.4 Å². The molecule has 0 radical (unpaired) electrons. The van der Waals surface area contributed by atoms with E-state index in [-0.39, 0.29) is 34.9 Å². The lowest BCUT2D eigenvalue weighted by Crippen LogP contribution is -2.43. The van der Waals surface area contributed by atoms with E-state index in [4.69, 9.17) is 21.1 Å². The Morgan fingerprint density at radius 2 is 1.57 bits per heavy atom. The Morgan fingerprint density at radius 3 is 2.12 bits per heavy atom. The number of carbonyl (C=O) groups excluding carboxylic acids is 3. The minimum atomic E-state index is -0.513. The number of nitrogens with zero attached hydrogens (tertiary/aromatic N) is 1. The van der Waals surface area contributed by atoms with E-state index < -0.39 is 5.92 Å². The van der Waals surface area contributed by atoms with E-state index in [1.807, 2.05) is 19.2 Å². The van der Waals surface area contributed by atoms with Crippen LogP contribution < -0.4 is 14.8 Å². The molecular weight excluding hydrogens is 620 g/mol. The second kappa shape index (κ2) is 11.2. The molecule has 1 heterocycles. The summed E-state index contributed by atoms with van der Waals surface area (Å²) in [7, 11) is 3.51. The van der Waals surface area contributed by atoms with E-state index in [0.717, 1.165) is 29.8 Å². The number of rotatable bonds is 6. The van der Waals surface area contributed by atoms with Crippen LogP contribution in [0.2, 0.25) is 5.02 Å². The van der Waals surface area contributed by atoms with Gasteiger partial charge < -0.3 is 19.7 Å². The van der Waals surface area contributed by atoms with Crippen LogP contribution in [0.3, 0.4) is 0 Å². The zero-order valence-corrected chi connectivity index (χ0v) is 27.2. The molecule has 0 saturated carbocycles. The maximum absolute atomic E-state index is 13.8. The minimum Gasteiger partial charge on any atom is -0.493 e. The van der Waals surface area contributed by atoms with Crippen LogP contribution in [0.25, 0.3) is 0 Å². The number of carbonyl (C=O) groups is 3. The molecule has 1 aliphatic heterocycles. The number of ketones is 2. The summed E-state index contributed by atoms with van der Waals surface area (Å²) in [6.07, 6.45) is 2.32. The molecule has 2 aromatic rings. The molecular formula is C33H36BrClN2O5. The van der Waals surface area contributed by atoms with E-state index in [1.54, 1.807) is 24.3 Å². The van der Waals surface area contributed by atoms with E-state index in [0.29, 0.717) is 50.7 Å². The van der Waals surface area contributed by atoms with Gasteiger partial charge >= 0.3 is 0 Å². The highest BCUT2D eigenvalue weighted by atomic mass is 79.9. The molecule has 0 saturated heterocycles. The first kappa shape index (κ1) is 30.4. The molecule has 0 unspecified atom stereocenters. The predicted molar refractivity (Wildman–Crippen MR) is 167 cm³/mol. The number of ether oxygens (including phenoxy) is 2. The quantitative estimate of drug-likeness (QED) is 0.348. The van der Waals surface area contributed by atoms with Crippen LogP contribution in [-0.2, 0) is 14.4 Å². The molecule has 1 amide bonds. The number of para-hydroxylation sites is 1. The van der Waals surface area contributed by atoms with Gasteiger partial charge in [0.15, 0.2) is 29.7 Å². The first-order valence-electron chi connectivity index (χ1n) is 14.0. The molecule has 9 heteroatoms. The molecule has 0 bridgehead atoms. The Labute approximate surface area is 260 Å². The summed E-state index contributed by atoms with van der Waals surface area (Å²) in [5.74, 6) is -0.0321. The van der Waals surface area contributed by atoms with Gasteiger partial charge in [-0.2, -0.15) is 0 Å². The molecule has 0 fully saturated rings. The van der Waals surface area contributed by atoms with Crippen LogP contribution in [0.5, 0.6) is 11.5 Å². The van der Waals surface area contributed by atoms with Crippen molar-refractivity contribution < 1.29 is 23.9 Å². The summed E-state index contributed by atoms with van der Waals surface area (Å²) in [4.78, 5) is 42.4. The molecule has 0 aromatic heterocycles. The number of hydrogen-bond donors (Lipinski definition) is 1. The van der Waals surface area contributed by atoms with Crippen molar-refractivity contribution in [3.63, 3.8) is 0 Å². The van der Waals surface area contributed by atoms with E-state index in [1.165, 1.54) is 7.11 Å². The Balaban J connectivity index is 1.54. The SMILES string of the molecule is COc1cc(C2C3=C(CC(C)(C)CC3=O)N(C)C3=C2C(=O)CC(C)(C)C3)cc(Br)c1OCC(=O)Nc1ccccc1Cl. The molecule has 222 valence electrons. The third-order valence-electron chi connectivity index (χ3n) is 8.26. The van der Waals surface area contributed by atoms with Crippen molar-refractivity contribution in [2.75, 3.05) is 26.1 Å². The van der Waals surface area contributed by atoms with Crippen molar-refractivity contribution in [1.82, 2.24) is 4.90 Å². The van der Waals surface area contributed by atoms with Gasteiger partial charge in [-0.3, -0.25) is 14.4 Å². The normalized spacial score (nSPS) is 19.9. The van der Waals surface area contributed by atoms with Crippen LogP contribution in [0, 0.1) is 10.8 Å². The minimum absolute atomic E-state index is 0.0638. The zero-order chi connectivity index (χ0) is 30.6. The molecule has 5 rings (SSSR count). The summed E-state index contributed by atoms with van der Waals surface area (Å²) in [5.41, 5.74) is 4.24. The second-order valence-corrected chi connectivity index (χ2v) is 14.2. The molecule has 3 aliphatic rings. The Hall–Kier alpha value is -3.10. The number of anilines is 1. The number of halogens is 2. The van der Waals surface area contributed by atoms with Crippen LogP contribution >= 0.6 is 27.5 Å². The van der Waals surface area contributed by atoms with Crippen LogP contribution in [0.15, 0.2) is 63.4 Å². The van der Waals surface area contributed by atoms with Crippen molar-refractivity contribution in [2.45, 2.75) is 59.3 Å². The third kappa shape index (κ3) is 5.76. The monoisotopic (exact) mass is 654 g/mol. The van der Waals surface area contributed by atoms with Gasteiger partial charge in [0.1, 0.15) is 0 Å². The van der Waals surface area contributed by atoms with Gasteiger partial charge in [0.2, 0.25) is 0 Å². The van der Waals surface area contributed by atoms with E-state index in [2.05, 4.69) is 53.8 Å². The molecule has 2 aliphatic carbocycles. The van der Waals surface area contributed by atoms with Gasteiger partial charge in [0, 0.05) is 48.3 Å². The average Bonchev–Trinajstić information content (AvgIpc) is 2.89. The van der Waals surface area contributed by atoms with Gasteiger partial charge in [-0.15, -0.1) is 0 Å². The highest BCUT2D eigenvalue weighted by Gasteiger charge is 2.48. The first-order valence-corrected chi connectivity index (χ1v) is 15.2. The molecule has 0 spiro atoms. The molecule has 0 atom stereocenters. The first-order chi connectivity index (χ1) is 19.7. The number of amides is 1. The number of benzene rings is 2. The van der Waals surface area contributed by atoms with Gasteiger partial charge in [0.05, 0.1) is 22.3 Å². The highest BCUT2D eigenvalue weighted by molar-refractivity contribution is 9.10. The fourth-order valence-electron chi connectivity index (χ4n) is 6.43. The lowest BCUT2D eigenvalue weighted by Gasteiger charge is -2.48. The summed E-state index contributed by atoms with van der Waals surface area (Å²) >= 11 is 9.78. The van der Waals surface area contributed by atoms with Gasteiger partial charge in [-0.05, 0) is 69.4 Å². The van der Waals surface area contributed by atoms with Crippen molar-refractivity contribution in [2.24, 2.45) is 10.8 Å². The number of nitrogens with one attached hydrogen (secondary N) is 1. The lowest BCUT2D eigenvalue weighted by molar-refractivity contribution is -0.120. The average molecular weight is 656 g/mol. The number of Topliss-reactive ketones (excluding diaryl/α,β-unsaturated/α-hetero) is 2. The maximum atomic E-state index is 13.8. The van der Waals surface area contributed by atoms with Crippen molar-refractivity contribution in [3.8, 4) is 11.5 Å². The Morgan fingerprint density at radius 1 is 1.00 bits per heavy atom. The van der Waals surface area contributed by atoms with Gasteiger partial charge in [-0.25, -0.2) is 0 Å². The van der Waals surface area contributed by atoms with Crippen LogP contribution in [-0.4, -0.2) is 43.1 Å². The maximum Gasteiger partial charge on any atom is 0.262 e. The fraction of sp³-hybridized carbons (Fsp3) is 0.424. The number of hydrogen-bond acceptors (Lipinski definition) is 6. The van der Waals surface area contributed by atoms with Crippen LogP contribution in [0.1, 0.15) is 64.9 Å². The lowest BCUT2D eigenvalue weighted by atomic mass is 9.64. The molecule has 1 N–H and O–H groups in total. The fourth-order valence-corrected chi connectivity index (χ4v) is 7.19. The summed E-state index contributed by atoms with van der Waals surface area (Å²) in [5, 5.41) is 3.17. The van der Waals surface area contributed by atoms with Crippen LogP contribution in [0.4, 0.5) is 5.69 Å². The highest BCUT2D eigenvalue weighted by Crippen LogP contribution is 2.55. The third-order valence-corrected chi connectivity index (χ3v) is 9.18. The largest absolute Gasteiger partial charge is 0.493 e. The molecule has 7 nitrogen and oxygen atoms in total. The summed E-state index contributed by atoms with van der Waals surface area (Å²) in [6.45, 7) is 8.19. The predicted octanol–water partition coefficient (Wildman–Crippen LogP) is 7.44. The van der Waals surface area contributed by atoms with Crippen molar-refractivity contribution in [3.05, 3.63) is 74.0 Å². The summed E-state index contributed by atoms with van der Waals surface area (Å²) < 4.78 is 12.2. The van der Waals surface area contributed by atoms with E-state index in [9.17, 15) is 14.4 Å². The number of methoxy groups -OCH3 is 1. The smallest absolute Gasteiger partial charge is 0.262 e. The number of allylic oxidation sites excluding steroid dienone is 4. The Kier molecular flexibility index (Phi) is 8.09. The second-order valence-electron chi connectivity index (χ2n) is 12.9. The summed E-state index contributed by atoms with van der Waals surface area (Å²) in [6, 6.07) is 10.6. The zero-order valence-electron chi connectivity index (χ0n) is 24.8. The molecule has 42 heavy (non-hydrogen) atoms. The van der Waals surface area contributed by atoms with Gasteiger partial charge in [0.25, 0.3) is 5.91 Å². The Bertz CT molecular complexity index is 1500. The standard InChI is InChI=1S/C33H36BrClN2O5/c1-32(2)13-22-29(24(38)15-32)28(30-23(37(22)5)14-33(3,4)16-25(30)39)18-11-19(34)31(26(12-18)41-6)42-17-27(40)36-21-10-8-7-9-20(21)35/h7-12,28H,13-17H2,1-6H3,(H,36,40). The van der Waals surface area contributed by atoms with Crippen molar-refractivity contribution >= 4 is 50.7 Å². The van der Waals surface area contributed by atoms with E-state index >= 15 is 0 Å². The van der Waals surface area contributed by atoms with Crippen molar-refractivity contribution in [1.29, 1.82) is 0 Å². The topological polar surface area (TPSA) is 84.9 Å². The molecule has 2 aromatic carbocycles.